The third-order valence-corrected chi connectivity index (χ3v) is 5.74. The zero-order chi connectivity index (χ0) is 14.8. The van der Waals surface area contributed by atoms with E-state index >= 15 is 0 Å². The van der Waals surface area contributed by atoms with Gasteiger partial charge in [-0.25, -0.2) is 0 Å². The van der Waals surface area contributed by atoms with Crippen LogP contribution in [0.25, 0.3) is 0 Å². The summed E-state index contributed by atoms with van der Waals surface area (Å²) in [5, 5.41) is 9.24. The molecule has 1 heterocycles. The fourth-order valence-corrected chi connectivity index (χ4v) is 3.73. The summed E-state index contributed by atoms with van der Waals surface area (Å²) in [5.41, 5.74) is 0.860. The zero-order valence-electron chi connectivity index (χ0n) is 12.0. The lowest BCUT2D eigenvalue weighted by Crippen LogP contribution is -2.45. The number of nitrogens with zero attached hydrogens (tertiary/aromatic N) is 2. The molecule has 1 aliphatic rings. The van der Waals surface area contributed by atoms with Crippen LogP contribution in [-0.4, -0.2) is 42.3 Å². The number of benzene rings is 1. The van der Waals surface area contributed by atoms with E-state index in [2.05, 4.69) is 6.92 Å². The lowest BCUT2D eigenvalue weighted by atomic mass is 10.0. The minimum atomic E-state index is -3.39. The predicted molar refractivity (Wildman–Crippen MR) is 78.5 cm³/mol. The van der Waals surface area contributed by atoms with E-state index in [4.69, 9.17) is 0 Å². The maximum absolute atomic E-state index is 12.5. The third-order valence-electron chi connectivity index (χ3n) is 3.80. The summed E-state index contributed by atoms with van der Waals surface area (Å²) in [6, 6.07) is 6.61. The molecule has 1 aliphatic heterocycles. The number of phenolic OH excluding ortho intramolecular Hbond substituents is 1. The molecule has 0 spiro atoms. The van der Waals surface area contributed by atoms with Crippen LogP contribution >= 0.6 is 0 Å². The maximum Gasteiger partial charge on any atom is 0.282 e. The van der Waals surface area contributed by atoms with Crippen LogP contribution in [0, 0.1) is 5.92 Å². The molecule has 1 aromatic carbocycles. The maximum atomic E-state index is 12.5. The van der Waals surface area contributed by atoms with Gasteiger partial charge in [0.2, 0.25) is 0 Å². The average molecular weight is 298 g/mol. The van der Waals surface area contributed by atoms with Gasteiger partial charge in [0.15, 0.2) is 0 Å². The third kappa shape index (κ3) is 3.50. The highest BCUT2D eigenvalue weighted by atomic mass is 32.2. The van der Waals surface area contributed by atoms with E-state index in [-0.39, 0.29) is 5.75 Å². The summed E-state index contributed by atoms with van der Waals surface area (Å²) in [4.78, 5) is 0. The minimum Gasteiger partial charge on any atom is -0.508 e. The Morgan fingerprint density at radius 3 is 2.35 bits per heavy atom. The lowest BCUT2D eigenvalue weighted by Gasteiger charge is -2.32. The first-order valence-corrected chi connectivity index (χ1v) is 8.28. The quantitative estimate of drug-likeness (QED) is 0.922. The molecule has 20 heavy (non-hydrogen) atoms. The van der Waals surface area contributed by atoms with Crippen molar-refractivity contribution >= 4 is 10.2 Å². The second-order valence-corrected chi connectivity index (χ2v) is 7.55. The van der Waals surface area contributed by atoms with Crippen LogP contribution in [0.5, 0.6) is 5.75 Å². The van der Waals surface area contributed by atoms with Gasteiger partial charge in [0, 0.05) is 26.7 Å². The Hall–Kier alpha value is -1.11. The Balaban J connectivity index is 2.03. The molecule has 0 aromatic heterocycles. The first-order valence-electron chi connectivity index (χ1n) is 6.89. The largest absolute Gasteiger partial charge is 0.508 e. The van der Waals surface area contributed by atoms with Crippen LogP contribution in [0.15, 0.2) is 24.3 Å². The molecule has 1 N–H and O–H groups in total. The summed E-state index contributed by atoms with van der Waals surface area (Å²) in [7, 11) is -1.79. The van der Waals surface area contributed by atoms with Crippen molar-refractivity contribution in [2.24, 2.45) is 5.92 Å². The first-order chi connectivity index (χ1) is 9.39. The van der Waals surface area contributed by atoms with Crippen molar-refractivity contribution in [3.63, 3.8) is 0 Å². The normalized spacial score (nSPS) is 18.6. The van der Waals surface area contributed by atoms with Crippen molar-refractivity contribution in [2.75, 3.05) is 20.1 Å². The molecule has 0 aliphatic carbocycles. The SMILES string of the molecule is CC1CCN(S(=O)(=O)N(C)Cc2ccc(O)cc2)CC1. The molecule has 0 saturated carbocycles. The van der Waals surface area contributed by atoms with Crippen LogP contribution < -0.4 is 0 Å². The number of rotatable bonds is 4. The highest BCUT2D eigenvalue weighted by molar-refractivity contribution is 7.86. The number of phenols is 1. The Labute approximate surface area is 121 Å². The number of piperidine rings is 1. The van der Waals surface area contributed by atoms with E-state index in [1.807, 2.05) is 0 Å². The van der Waals surface area contributed by atoms with E-state index < -0.39 is 10.2 Å². The van der Waals surface area contributed by atoms with E-state index in [1.54, 1.807) is 35.6 Å². The Bertz CT molecular complexity index is 534. The van der Waals surface area contributed by atoms with Gasteiger partial charge in [-0.2, -0.15) is 17.0 Å². The average Bonchev–Trinajstić information content (AvgIpc) is 2.42. The van der Waals surface area contributed by atoms with Crippen LogP contribution in [0.1, 0.15) is 25.3 Å². The molecular formula is C14H22N2O3S. The molecule has 0 unspecified atom stereocenters. The number of aromatic hydroxyl groups is 1. The van der Waals surface area contributed by atoms with Crippen molar-refractivity contribution in [1.82, 2.24) is 8.61 Å². The summed E-state index contributed by atoms with van der Waals surface area (Å²) in [6.45, 7) is 3.67. The number of hydrogen-bond donors (Lipinski definition) is 1. The van der Waals surface area contributed by atoms with Crippen molar-refractivity contribution in [1.29, 1.82) is 0 Å². The Kier molecular flexibility index (Phi) is 4.67. The molecule has 1 saturated heterocycles. The first kappa shape index (κ1) is 15.3. The molecule has 1 fully saturated rings. The van der Waals surface area contributed by atoms with Gasteiger partial charge in [0.05, 0.1) is 0 Å². The van der Waals surface area contributed by atoms with Gasteiger partial charge in [0.1, 0.15) is 5.75 Å². The topological polar surface area (TPSA) is 60.9 Å². The number of hydrogen-bond acceptors (Lipinski definition) is 3. The summed E-state index contributed by atoms with van der Waals surface area (Å²) >= 11 is 0. The monoisotopic (exact) mass is 298 g/mol. The van der Waals surface area contributed by atoms with E-state index in [9.17, 15) is 13.5 Å². The highest BCUT2D eigenvalue weighted by Crippen LogP contribution is 2.21. The smallest absolute Gasteiger partial charge is 0.282 e. The predicted octanol–water partition coefficient (Wildman–Crippen LogP) is 1.80. The van der Waals surface area contributed by atoms with Crippen molar-refractivity contribution in [2.45, 2.75) is 26.3 Å². The van der Waals surface area contributed by atoms with Crippen molar-refractivity contribution in [3.8, 4) is 5.75 Å². The second kappa shape index (κ2) is 6.11. The fourth-order valence-electron chi connectivity index (χ4n) is 2.35. The van der Waals surface area contributed by atoms with Gasteiger partial charge in [-0.15, -0.1) is 0 Å². The molecule has 0 bridgehead atoms. The van der Waals surface area contributed by atoms with Gasteiger partial charge in [-0.3, -0.25) is 0 Å². The zero-order valence-corrected chi connectivity index (χ0v) is 12.8. The minimum absolute atomic E-state index is 0.185. The van der Waals surface area contributed by atoms with E-state index in [0.717, 1.165) is 18.4 Å². The van der Waals surface area contributed by atoms with E-state index in [0.29, 0.717) is 25.6 Å². The molecule has 112 valence electrons. The van der Waals surface area contributed by atoms with Crippen LogP contribution in [0.2, 0.25) is 0 Å². The van der Waals surface area contributed by atoms with E-state index in [1.165, 1.54) is 4.31 Å². The van der Waals surface area contributed by atoms with Gasteiger partial charge in [-0.1, -0.05) is 19.1 Å². The van der Waals surface area contributed by atoms with Crippen molar-refractivity contribution < 1.29 is 13.5 Å². The molecule has 0 atom stereocenters. The second-order valence-electron chi connectivity index (χ2n) is 5.51. The molecule has 2 rings (SSSR count). The van der Waals surface area contributed by atoms with Crippen LogP contribution in [0.3, 0.4) is 0 Å². The molecule has 6 heteroatoms. The lowest BCUT2D eigenvalue weighted by molar-refractivity contribution is 0.269. The summed E-state index contributed by atoms with van der Waals surface area (Å²) < 4.78 is 27.9. The van der Waals surface area contributed by atoms with Crippen LogP contribution in [0.4, 0.5) is 0 Å². The molecule has 0 amide bonds. The molecule has 1 aromatic rings. The Morgan fingerprint density at radius 1 is 1.25 bits per heavy atom. The highest BCUT2D eigenvalue weighted by Gasteiger charge is 2.29. The summed E-state index contributed by atoms with van der Waals surface area (Å²) in [5.74, 6) is 0.785. The van der Waals surface area contributed by atoms with Crippen molar-refractivity contribution in [3.05, 3.63) is 29.8 Å². The molecular weight excluding hydrogens is 276 g/mol. The van der Waals surface area contributed by atoms with Gasteiger partial charge in [-0.05, 0) is 36.5 Å². The molecule has 5 nitrogen and oxygen atoms in total. The van der Waals surface area contributed by atoms with Crippen LogP contribution in [-0.2, 0) is 16.8 Å². The summed E-state index contributed by atoms with van der Waals surface area (Å²) in [6.07, 6.45) is 1.85. The standard InChI is InChI=1S/C14H22N2O3S/c1-12-7-9-16(10-8-12)20(18,19)15(2)11-13-3-5-14(17)6-4-13/h3-6,12,17H,7-11H2,1-2H3. The molecule has 0 radical (unpaired) electrons. The van der Waals surface area contributed by atoms with Gasteiger partial charge >= 0.3 is 0 Å². The Morgan fingerprint density at radius 2 is 1.80 bits per heavy atom. The fraction of sp³-hybridized carbons (Fsp3) is 0.571. The van der Waals surface area contributed by atoms with Gasteiger partial charge < -0.3 is 5.11 Å². The van der Waals surface area contributed by atoms with Gasteiger partial charge in [0.25, 0.3) is 10.2 Å².